The Kier molecular flexibility index (Phi) is 4.45. The molecule has 0 aliphatic rings. The zero-order chi connectivity index (χ0) is 13.8. The van der Waals surface area contributed by atoms with Crippen molar-refractivity contribution >= 4 is 11.3 Å². The molecule has 2 aromatic rings. The number of aryl methyl sites for hydroxylation is 1. The highest BCUT2D eigenvalue weighted by molar-refractivity contribution is 7.10. The van der Waals surface area contributed by atoms with Crippen LogP contribution >= 0.6 is 11.3 Å². The maximum Gasteiger partial charge on any atom is 0.161 e. The van der Waals surface area contributed by atoms with Crippen LogP contribution in [0, 0.1) is 0 Å². The average molecular weight is 277 g/mol. The number of thiophene rings is 1. The summed E-state index contributed by atoms with van der Waals surface area (Å²) in [6, 6.07) is 7.86. The van der Waals surface area contributed by atoms with Crippen LogP contribution in [0.25, 0.3) is 0 Å². The van der Waals surface area contributed by atoms with Crippen molar-refractivity contribution in [1.82, 2.24) is 0 Å². The molecule has 0 aliphatic heterocycles. The lowest BCUT2D eigenvalue weighted by molar-refractivity contribution is 0.354. The molecule has 0 aliphatic carbocycles. The van der Waals surface area contributed by atoms with Gasteiger partial charge in [-0.15, -0.1) is 11.3 Å². The topological polar surface area (TPSA) is 44.5 Å². The fourth-order valence-corrected chi connectivity index (χ4v) is 3.14. The molecule has 2 N–H and O–H groups in total. The van der Waals surface area contributed by atoms with E-state index in [0.717, 1.165) is 17.7 Å². The van der Waals surface area contributed by atoms with Crippen molar-refractivity contribution in [2.45, 2.75) is 19.4 Å². The predicted octanol–water partition coefficient (Wildman–Crippen LogP) is 3.38. The summed E-state index contributed by atoms with van der Waals surface area (Å²) in [5.74, 6) is 1.44. The van der Waals surface area contributed by atoms with Crippen LogP contribution in [-0.4, -0.2) is 14.2 Å². The standard InChI is InChI=1S/C15H19NO2S/c1-4-10-7-8-19-15(10)14(16)11-5-6-12(17-2)13(9-11)18-3/h5-9,14H,4,16H2,1-3H3. The lowest BCUT2D eigenvalue weighted by atomic mass is 10.0. The van der Waals surface area contributed by atoms with E-state index < -0.39 is 0 Å². The van der Waals surface area contributed by atoms with Gasteiger partial charge in [0, 0.05) is 4.88 Å². The second kappa shape index (κ2) is 6.08. The van der Waals surface area contributed by atoms with E-state index in [9.17, 15) is 0 Å². The fraction of sp³-hybridized carbons (Fsp3) is 0.333. The first-order valence-electron chi connectivity index (χ1n) is 6.25. The highest BCUT2D eigenvalue weighted by Crippen LogP contribution is 2.34. The van der Waals surface area contributed by atoms with E-state index in [-0.39, 0.29) is 6.04 Å². The highest BCUT2D eigenvalue weighted by Gasteiger charge is 2.16. The minimum atomic E-state index is -0.116. The number of benzene rings is 1. The van der Waals surface area contributed by atoms with Gasteiger partial charge in [-0.1, -0.05) is 13.0 Å². The maximum absolute atomic E-state index is 6.37. The Balaban J connectivity index is 2.36. The molecule has 1 unspecified atom stereocenters. The van der Waals surface area contributed by atoms with Gasteiger partial charge in [0.1, 0.15) is 0 Å². The number of methoxy groups -OCH3 is 2. The molecule has 1 heterocycles. The lowest BCUT2D eigenvalue weighted by Crippen LogP contribution is -2.12. The van der Waals surface area contributed by atoms with Gasteiger partial charge in [0.15, 0.2) is 11.5 Å². The summed E-state index contributed by atoms with van der Waals surface area (Å²) >= 11 is 1.70. The smallest absolute Gasteiger partial charge is 0.161 e. The molecule has 0 saturated heterocycles. The van der Waals surface area contributed by atoms with E-state index in [1.807, 2.05) is 18.2 Å². The molecule has 0 spiro atoms. The summed E-state index contributed by atoms with van der Waals surface area (Å²) in [6.07, 6.45) is 1.000. The van der Waals surface area contributed by atoms with Gasteiger partial charge in [-0.05, 0) is 41.1 Å². The molecule has 1 atom stereocenters. The van der Waals surface area contributed by atoms with Crippen molar-refractivity contribution in [3.8, 4) is 11.5 Å². The zero-order valence-electron chi connectivity index (χ0n) is 11.5. The largest absolute Gasteiger partial charge is 0.493 e. The van der Waals surface area contributed by atoms with Gasteiger partial charge in [0.25, 0.3) is 0 Å². The molecule has 19 heavy (non-hydrogen) atoms. The van der Waals surface area contributed by atoms with Crippen LogP contribution in [0.1, 0.15) is 29.0 Å². The Hall–Kier alpha value is -1.52. The quantitative estimate of drug-likeness (QED) is 0.911. The molecular formula is C15H19NO2S. The number of hydrogen-bond donors (Lipinski definition) is 1. The van der Waals surface area contributed by atoms with Crippen LogP contribution in [0.5, 0.6) is 11.5 Å². The van der Waals surface area contributed by atoms with Gasteiger partial charge >= 0.3 is 0 Å². The minimum Gasteiger partial charge on any atom is -0.493 e. The van der Waals surface area contributed by atoms with Crippen LogP contribution in [0.2, 0.25) is 0 Å². The molecule has 0 bridgehead atoms. The van der Waals surface area contributed by atoms with Crippen LogP contribution in [0.15, 0.2) is 29.6 Å². The molecule has 4 heteroatoms. The first kappa shape index (κ1) is 13.9. The summed E-state index contributed by atoms with van der Waals surface area (Å²) in [4.78, 5) is 1.22. The zero-order valence-corrected chi connectivity index (χ0v) is 12.3. The second-order valence-electron chi connectivity index (χ2n) is 4.26. The van der Waals surface area contributed by atoms with Crippen molar-refractivity contribution < 1.29 is 9.47 Å². The third-order valence-corrected chi connectivity index (χ3v) is 4.25. The highest BCUT2D eigenvalue weighted by atomic mass is 32.1. The number of ether oxygens (including phenoxy) is 2. The second-order valence-corrected chi connectivity index (χ2v) is 5.20. The molecule has 0 saturated carbocycles. The van der Waals surface area contributed by atoms with Crippen LogP contribution in [0.4, 0.5) is 0 Å². The predicted molar refractivity (Wildman–Crippen MR) is 79.3 cm³/mol. The number of nitrogens with two attached hydrogens (primary N) is 1. The summed E-state index contributed by atoms with van der Waals surface area (Å²) in [6.45, 7) is 2.15. The monoisotopic (exact) mass is 277 g/mol. The molecule has 1 aromatic carbocycles. The Labute approximate surface area is 118 Å². The first-order chi connectivity index (χ1) is 9.21. The SMILES string of the molecule is CCc1ccsc1C(N)c1ccc(OC)c(OC)c1. The van der Waals surface area contributed by atoms with E-state index in [1.165, 1.54) is 10.4 Å². The van der Waals surface area contributed by atoms with Crippen LogP contribution < -0.4 is 15.2 Å². The molecular weight excluding hydrogens is 258 g/mol. The van der Waals surface area contributed by atoms with Gasteiger partial charge < -0.3 is 15.2 Å². The molecule has 0 radical (unpaired) electrons. The molecule has 1 aromatic heterocycles. The summed E-state index contributed by atoms with van der Waals surface area (Å²) in [5, 5.41) is 2.09. The van der Waals surface area contributed by atoms with Gasteiger partial charge in [-0.3, -0.25) is 0 Å². The van der Waals surface area contributed by atoms with Crippen molar-refractivity contribution in [3.05, 3.63) is 45.6 Å². The Morgan fingerprint density at radius 2 is 1.89 bits per heavy atom. The normalized spacial score (nSPS) is 12.2. The van der Waals surface area contributed by atoms with E-state index in [2.05, 4.69) is 18.4 Å². The molecule has 0 amide bonds. The number of hydrogen-bond acceptors (Lipinski definition) is 4. The van der Waals surface area contributed by atoms with E-state index in [1.54, 1.807) is 25.6 Å². The third kappa shape index (κ3) is 2.74. The minimum absolute atomic E-state index is 0.116. The molecule has 3 nitrogen and oxygen atoms in total. The van der Waals surface area contributed by atoms with Gasteiger partial charge in [-0.2, -0.15) is 0 Å². The van der Waals surface area contributed by atoms with Crippen molar-refractivity contribution in [1.29, 1.82) is 0 Å². The lowest BCUT2D eigenvalue weighted by Gasteiger charge is -2.15. The molecule has 102 valence electrons. The van der Waals surface area contributed by atoms with Crippen molar-refractivity contribution in [2.75, 3.05) is 14.2 Å². The summed E-state index contributed by atoms with van der Waals surface area (Å²) in [7, 11) is 3.27. The average Bonchev–Trinajstić information content (AvgIpc) is 2.94. The Morgan fingerprint density at radius 3 is 2.53 bits per heavy atom. The third-order valence-electron chi connectivity index (χ3n) is 3.21. The van der Waals surface area contributed by atoms with Crippen molar-refractivity contribution in [3.63, 3.8) is 0 Å². The van der Waals surface area contributed by atoms with Gasteiger partial charge in [-0.25, -0.2) is 0 Å². The summed E-state index contributed by atoms with van der Waals surface area (Å²) < 4.78 is 10.6. The molecule has 0 fully saturated rings. The van der Waals surface area contributed by atoms with E-state index >= 15 is 0 Å². The fourth-order valence-electron chi connectivity index (χ4n) is 2.11. The van der Waals surface area contributed by atoms with E-state index in [4.69, 9.17) is 15.2 Å². The van der Waals surface area contributed by atoms with E-state index in [0.29, 0.717) is 5.75 Å². The maximum atomic E-state index is 6.37. The Bertz CT molecular complexity index is 551. The molecule has 2 rings (SSSR count). The number of rotatable bonds is 5. The first-order valence-corrected chi connectivity index (χ1v) is 7.13. The summed E-state index contributed by atoms with van der Waals surface area (Å²) in [5.41, 5.74) is 8.72. The van der Waals surface area contributed by atoms with Crippen molar-refractivity contribution in [2.24, 2.45) is 5.73 Å². The van der Waals surface area contributed by atoms with Crippen LogP contribution in [-0.2, 0) is 6.42 Å². The Morgan fingerprint density at radius 1 is 1.16 bits per heavy atom. The van der Waals surface area contributed by atoms with Gasteiger partial charge in [0.2, 0.25) is 0 Å². The van der Waals surface area contributed by atoms with Crippen LogP contribution in [0.3, 0.4) is 0 Å². The van der Waals surface area contributed by atoms with Gasteiger partial charge in [0.05, 0.1) is 20.3 Å².